The van der Waals surface area contributed by atoms with Gasteiger partial charge >= 0.3 is 0 Å². The van der Waals surface area contributed by atoms with E-state index in [1.807, 2.05) is 32.9 Å². The summed E-state index contributed by atoms with van der Waals surface area (Å²) in [5.74, 6) is -1.58. The molecule has 0 unspecified atom stereocenters. The van der Waals surface area contributed by atoms with Crippen LogP contribution in [0.3, 0.4) is 0 Å². The molecule has 0 bridgehead atoms. The minimum absolute atomic E-state index is 0.0649. The van der Waals surface area contributed by atoms with Crippen LogP contribution in [0.15, 0.2) is 36.4 Å². The molecule has 0 saturated heterocycles. The Morgan fingerprint density at radius 2 is 1.55 bits per heavy atom. The molecule has 0 saturated carbocycles. The van der Waals surface area contributed by atoms with Crippen molar-refractivity contribution in [1.82, 2.24) is 10.6 Å². The third-order valence-electron chi connectivity index (χ3n) is 4.12. The number of nitrogens with zero attached hydrogens (tertiary/aromatic N) is 1. The molecule has 0 fully saturated rings. The average molecular weight is 398 g/mol. The van der Waals surface area contributed by atoms with Crippen molar-refractivity contribution in [2.24, 2.45) is 0 Å². The molecule has 2 aromatic rings. The fourth-order valence-electron chi connectivity index (χ4n) is 2.83. The maximum atomic E-state index is 12.1. The van der Waals surface area contributed by atoms with Gasteiger partial charge in [-0.25, -0.2) is 0 Å². The Morgan fingerprint density at radius 1 is 0.931 bits per heavy atom. The first kappa shape index (κ1) is 21.5. The standard InChI is InChI=1S/C20H22N4O5/c1-12-7-13(2)19(14(3)8-12)23-18(26)11-21-17(25)10-22-20(27)15-5-4-6-16(9-15)24(28)29/h4-9H,10-11H2,1-3H3,(H,21,25)(H,22,27)(H,23,26). The Balaban J connectivity index is 1.82. The van der Waals surface area contributed by atoms with E-state index >= 15 is 0 Å². The number of anilines is 1. The predicted molar refractivity (Wildman–Crippen MR) is 108 cm³/mol. The molecular formula is C20H22N4O5. The molecule has 29 heavy (non-hydrogen) atoms. The van der Waals surface area contributed by atoms with Crippen LogP contribution in [0.25, 0.3) is 0 Å². The average Bonchev–Trinajstić information content (AvgIpc) is 2.67. The van der Waals surface area contributed by atoms with Gasteiger partial charge in [-0.05, 0) is 38.0 Å². The van der Waals surface area contributed by atoms with Gasteiger partial charge in [0.1, 0.15) is 0 Å². The van der Waals surface area contributed by atoms with E-state index in [-0.39, 0.29) is 24.3 Å². The van der Waals surface area contributed by atoms with E-state index in [4.69, 9.17) is 0 Å². The minimum atomic E-state index is -0.626. The van der Waals surface area contributed by atoms with Gasteiger partial charge < -0.3 is 16.0 Å². The van der Waals surface area contributed by atoms with E-state index in [0.29, 0.717) is 5.69 Å². The normalized spacial score (nSPS) is 10.2. The number of nitro benzene ring substituents is 1. The summed E-state index contributed by atoms with van der Waals surface area (Å²) in [5.41, 5.74) is 3.48. The number of hydrogen-bond donors (Lipinski definition) is 3. The molecule has 152 valence electrons. The van der Waals surface area contributed by atoms with Crippen LogP contribution in [-0.2, 0) is 9.59 Å². The molecule has 3 N–H and O–H groups in total. The van der Waals surface area contributed by atoms with E-state index in [2.05, 4.69) is 16.0 Å². The predicted octanol–water partition coefficient (Wildman–Crippen LogP) is 2.00. The number of benzene rings is 2. The van der Waals surface area contributed by atoms with Gasteiger partial charge in [-0.15, -0.1) is 0 Å². The lowest BCUT2D eigenvalue weighted by Gasteiger charge is -2.13. The van der Waals surface area contributed by atoms with Crippen molar-refractivity contribution in [1.29, 1.82) is 0 Å². The minimum Gasteiger partial charge on any atom is -0.345 e. The lowest BCUT2D eigenvalue weighted by Crippen LogP contribution is -2.40. The van der Waals surface area contributed by atoms with Crippen molar-refractivity contribution in [2.45, 2.75) is 20.8 Å². The molecule has 2 aromatic carbocycles. The Labute approximate surface area is 167 Å². The molecule has 0 aromatic heterocycles. The first-order chi connectivity index (χ1) is 13.7. The van der Waals surface area contributed by atoms with Crippen LogP contribution in [0.1, 0.15) is 27.0 Å². The molecule has 0 heterocycles. The number of aryl methyl sites for hydroxylation is 3. The van der Waals surface area contributed by atoms with Crippen LogP contribution in [-0.4, -0.2) is 35.7 Å². The highest BCUT2D eigenvalue weighted by atomic mass is 16.6. The van der Waals surface area contributed by atoms with Gasteiger partial charge in [0.15, 0.2) is 0 Å². The molecule has 0 aliphatic rings. The molecule has 2 rings (SSSR count). The van der Waals surface area contributed by atoms with Gasteiger partial charge in [-0.2, -0.15) is 0 Å². The number of carbonyl (C=O) groups is 3. The number of nitrogens with one attached hydrogen (secondary N) is 3. The zero-order chi connectivity index (χ0) is 21.6. The number of non-ortho nitro benzene ring substituents is 1. The number of rotatable bonds is 7. The smallest absolute Gasteiger partial charge is 0.270 e. The third kappa shape index (κ3) is 6.13. The SMILES string of the molecule is Cc1cc(C)c(NC(=O)CNC(=O)CNC(=O)c2cccc([N+](=O)[O-])c2)c(C)c1. The van der Waals surface area contributed by atoms with E-state index in [0.717, 1.165) is 22.8 Å². The van der Waals surface area contributed by atoms with Crippen LogP contribution in [0, 0.1) is 30.9 Å². The zero-order valence-corrected chi connectivity index (χ0v) is 16.4. The topological polar surface area (TPSA) is 130 Å². The lowest BCUT2D eigenvalue weighted by atomic mass is 10.1. The summed E-state index contributed by atoms with van der Waals surface area (Å²) in [6.45, 7) is 5.12. The van der Waals surface area contributed by atoms with Crippen LogP contribution < -0.4 is 16.0 Å². The Kier molecular flexibility index (Phi) is 7.02. The summed E-state index contributed by atoms with van der Waals surface area (Å²) in [6, 6.07) is 9.06. The number of nitro groups is 1. The monoisotopic (exact) mass is 398 g/mol. The molecule has 3 amide bonds. The van der Waals surface area contributed by atoms with E-state index in [1.54, 1.807) is 0 Å². The summed E-state index contributed by atoms with van der Waals surface area (Å²) in [4.78, 5) is 46.1. The Bertz CT molecular complexity index is 948. The van der Waals surface area contributed by atoms with Crippen molar-refractivity contribution in [3.63, 3.8) is 0 Å². The summed E-state index contributed by atoms with van der Waals surface area (Å²) in [5, 5.41) is 18.3. The van der Waals surface area contributed by atoms with Crippen molar-refractivity contribution in [2.75, 3.05) is 18.4 Å². The van der Waals surface area contributed by atoms with E-state index < -0.39 is 22.6 Å². The van der Waals surface area contributed by atoms with Crippen molar-refractivity contribution < 1.29 is 19.3 Å². The molecule has 0 atom stereocenters. The van der Waals surface area contributed by atoms with Crippen LogP contribution in [0.4, 0.5) is 11.4 Å². The van der Waals surface area contributed by atoms with Gasteiger partial charge in [0.05, 0.1) is 18.0 Å². The Morgan fingerprint density at radius 3 is 2.17 bits per heavy atom. The maximum absolute atomic E-state index is 12.1. The van der Waals surface area contributed by atoms with Crippen molar-refractivity contribution >= 4 is 29.1 Å². The third-order valence-corrected chi connectivity index (χ3v) is 4.12. The van der Waals surface area contributed by atoms with Gasteiger partial charge in [0, 0.05) is 23.4 Å². The van der Waals surface area contributed by atoms with Gasteiger partial charge in [0.25, 0.3) is 11.6 Å². The fraction of sp³-hybridized carbons (Fsp3) is 0.250. The largest absolute Gasteiger partial charge is 0.345 e. The highest BCUT2D eigenvalue weighted by Gasteiger charge is 2.13. The van der Waals surface area contributed by atoms with E-state index in [1.165, 1.54) is 18.2 Å². The van der Waals surface area contributed by atoms with Crippen LogP contribution in [0.2, 0.25) is 0 Å². The lowest BCUT2D eigenvalue weighted by molar-refractivity contribution is -0.384. The first-order valence-corrected chi connectivity index (χ1v) is 8.84. The molecule has 9 heteroatoms. The second-order valence-corrected chi connectivity index (χ2v) is 6.59. The van der Waals surface area contributed by atoms with Crippen molar-refractivity contribution in [3.8, 4) is 0 Å². The zero-order valence-electron chi connectivity index (χ0n) is 16.4. The number of amides is 3. The van der Waals surface area contributed by atoms with Gasteiger partial charge in [-0.1, -0.05) is 23.8 Å². The maximum Gasteiger partial charge on any atom is 0.270 e. The molecule has 0 aliphatic heterocycles. The molecule has 0 aliphatic carbocycles. The Hall–Kier alpha value is -3.75. The second-order valence-electron chi connectivity index (χ2n) is 6.59. The number of carbonyl (C=O) groups excluding carboxylic acids is 3. The second kappa shape index (κ2) is 9.45. The molecular weight excluding hydrogens is 376 g/mol. The number of hydrogen-bond acceptors (Lipinski definition) is 5. The summed E-state index contributed by atoms with van der Waals surface area (Å²) in [6.07, 6.45) is 0. The molecule has 0 spiro atoms. The quantitative estimate of drug-likeness (QED) is 0.485. The van der Waals surface area contributed by atoms with Crippen LogP contribution in [0.5, 0.6) is 0 Å². The first-order valence-electron chi connectivity index (χ1n) is 8.84. The van der Waals surface area contributed by atoms with Crippen LogP contribution >= 0.6 is 0 Å². The highest BCUT2D eigenvalue weighted by Crippen LogP contribution is 2.21. The van der Waals surface area contributed by atoms with Gasteiger partial charge in [-0.3, -0.25) is 24.5 Å². The summed E-state index contributed by atoms with van der Waals surface area (Å²) < 4.78 is 0. The highest BCUT2D eigenvalue weighted by molar-refractivity contribution is 5.98. The molecule has 9 nitrogen and oxygen atoms in total. The molecule has 0 radical (unpaired) electrons. The summed E-state index contributed by atoms with van der Waals surface area (Å²) in [7, 11) is 0. The van der Waals surface area contributed by atoms with Crippen molar-refractivity contribution in [3.05, 3.63) is 68.8 Å². The van der Waals surface area contributed by atoms with E-state index in [9.17, 15) is 24.5 Å². The van der Waals surface area contributed by atoms with Gasteiger partial charge in [0.2, 0.25) is 11.8 Å². The fourth-order valence-corrected chi connectivity index (χ4v) is 2.83. The summed E-state index contributed by atoms with van der Waals surface area (Å²) >= 11 is 0.